The number of halogens is 3. The lowest BCUT2D eigenvalue weighted by Crippen LogP contribution is -2.49. The van der Waals surface area contributed by atoms with Gasteiger partial charge in [0.05, 0.1) is 5.56 Å². The van der Waals surface area contributed by atoms with Crippen LogP contribution >= 0.6 is 0 Å². The molecule has 2 saturated heterocycles. The van der Waals surface area contributed by atoms with Crippen molar-refractivity contribution in [1.29, 1.82) is 0 Å². The SMILES string of the molecule is Cc1c(OCC(N)=O)ccc([C@H](C)N2C[C@@H]3C[C@H]2CN3C(=O)c2ccc(C(F)(F)F)cc2)c1C. The van der Waals surface area contributed by atoms with Gasteiger partial charge in [-0.05, 0) is 74.2 Å². The zero-order chi connectivity index (χ0) is 24.8. The second-order valence-corrected chi connectivity index (χ2v) is 9.11. The Morgan fingerprint density at radius 2 is 1.74 bits per heavy atom. The molecule has 3 atom stereocenters. The van der Waals surface area contributed by atoms with Gasteiger partial charge in [-0.2, -0.15) is 13.2 Å². The molecule has 34 heavy (non-hydrogen) atoms. The van der Waals surface area contributed by atoms with Crippen LogP contribution in [0.2, 0.25) is 0 Å². The number of primary amides is 1. The highest BCUT2D eigenvalue weighted by atomic mass is 19.4. The van der Waals surface area contributed by atoms with Crippen molar-refractivity contribution in [2.24, 2.45) is 5.73 Å². The van der Waals surface area contributed by atoms with Crippen molar-refractivity contribution >= 4 is 11.8 Å². The van der Waals surface area contributed by atoms with Crippen molar-refractivity contribution in [3.63, 3.8) is 0 Å². The van der Waals surface area contributed by atoms with Crippen molar-refractivity contribution in [3.8, 4) is 5.75 Å². The van der Waals surface area contributed by atoms with Gasteiger partial charge in [0.25, 0.3) is 11.8 Å². The lowest BCUT2D eigenvalue weighted by Gasteiger charge is -2.38. The van der Waals surface area contributed by atoms with Crippen molar-refractivity contribution in [1.82, 2.24) is 9.80 Å². The van der Waals surface area contributed by atoms with Crippen molar-refractivity contribution < 1.29 is 27.5 Å². The minimum atomic E-state index is -4.42. The summed E-state index contributed by atoms with van der Waals surface area (Å²) < 4.78 is 44.0. The molecule has 2 amide bonds. The number of benzene rings is 2. The molecule has 182 valence electrons. The van der Waals surface area contributed by atoms with E-state index in [9.17, 15) is 22.8 Å². The number of amides is 2. The largest absolute Gasteiger partial charge is 0.484 e. The lowest BCUT2D eigenvalue weighted by atomic mass is 9.96. The number of hydrogen-bond acceptors (Lipinski definition) is 4. The number of nitrogens with two attached hydrogens (primary N) is 1. The highest BCUT2D eigenvalue weighted by Gasteiger charge is 2.47. The van der Waals surface area contributed by atoms with E-state index in [0.29, 0.717) is 18.8 Å². The monoisotopic (exact) mass is 475 g/mol. The zero-order valence-corrected chi connectivity index (χ0v) is 19.4. The van der Waals surface area contributed by atoms with Crippen LogP contribution < -0.4 is 10.5 Å². The maximum Gasteiger partial charge on any atom is 0.416 e. The summed E-state index contributed by atoms with van der Waals surface area (Å²) in [5.74, 6) is -0.127. The highest BCUT2D eigenvalue weighted by molar-refractivity contribution is 5.94. The van der Waals surface area contributed by atoms with Crippen molar-refractivity contribution in [3.05, 3.63) is 64.2 Å². The van der Waals surface area contributed by atoms with Crippen LogP contribution in [0.3, 0.4) is 0 Å². The number of likely N-dealkylation sites (tertiary alicyclic amines) is 2. The molecule has 9 heteroatoms. The normalized spacial score (nSPS) is 21.1. The summed E-state index contributed by atoms with van der Waals surface area (Å²) in [6.07, 6.45) is -3.58. The highest BCUT2D eigenvalue weighted by Crippen LogP contribution is 2.39. The number of hydrogen-bond donors (Lipinski definition) is 1. The van der Waals surface area contributed by atoms with Gasteiger partial charge in [-0.3, -0.25) is 14.5 Å². The van der Waals surface area contributed by atoms with E-state index < -0.39 is 17.6 Å². The molecule has 2 N–H and O–H groups in total. The second kappa shape index (κ2) is 8.94. The Morgan fingerprint density at radius 1 is 1.06 bits per heavy atom. The first-order valence-electron chi connectivity index (χ1n) is 11.2. The zero-order valence-electron chi connectivity index (χ0n) is 19.4. The summed E-state index contributed by atoms with van der Waals surface area (Å²) in [5.41, 5.74) is 7.87. The molecule has 0 radical (unpaired) electrons. The van der Waals surface area contributed by atoms with E-state index >= 15 is 0 Å². The van der Waals surface area contributed by atoms with Crippen LogP contribution in [-0.2, 0) is 11.0 Å². The van der Waals surface area contributed by atoms with Gasteiger partial charge in [0, 0.05) is 36.8 Å². The van der Waals surface area contributed by atoms with Crippen molar-refractivity contribution in [2.45, 2.75) is 51.5 Å². The fraction of sp³-hybridized carbons (Fsp3) is 0.440. The minimum absolute atomic E-state index is 0.0295. The van der Waals surface area contributed by atoms with E-state index in [0.717, 1.165) is 35.2 Å². The molecule has 2 aromatic rings. The van der Waals surface area contributed by atoms with E-state index in [2.05, 4.69) is 11.8 Å². The predicted octanol–water partition coefficient (Wildman–Crippen LogP) is 3.85. The first-order chi connectivity index (χ1) is 16.0. The summed E-state index contributed by atoms with van der Waals surface area (Å²) in [5, 5.41) is 0. The Hall–Kier alpha value is -3.07. The maximum atomic E-state index is 13.0. The number of ether oxygens (including phenoxy) is 1. The Balaban J connectivity index is 1.44. The van der Waals surface area contributed by atoms with Gasteiger partial charge < -0.3 is 15.4 Å². The van der Waals surface area contributed by atoms with E-state index in [1.165, 1.54) is 12.1 Å². The first-order valence-corrected chi connectivity index (χ1v) is 11.2. The van der Waals surface area contributed by atoms with Crippen LogP contribution in [0.4, 0.5) is 13.2 Å². The molecule has 2 fully saturated rings. The molecular formula is C25H28F3N3O3. The van der Waals surface area contributed by atoms with E-state index in [-0.39, 0.29) is 36.2 Å². The van der Waals surface area contributed by atoms with Crippen molar-refractivity contribution in [2.75, 3.05) is 19.7 Å². The summed E-state index contributed by atoms with van der Waals surface area (Å²) in [6, 6.07) is 8.60. The number of fused-ring (bicyclic) bond motifs is 2. The molecule has 0 unspecified atom stereocenters. The van der Waals surface area contributed by atoms with Gasteiger partial charge in [-0.1, -0.05) is 6.07 Å². The van der Waals surface area contributed by atoms with Gasteiger partial charge >= 0.3 is 6.18 Å². The van der Waals surface area contributed by atoms with Crippen LogP contribution in [0.1, 0.15) is 52.0 Å². The predicted molar refractivity (Wildman–Crippen MR) is 120 cm³/mol. The molecule has 0 aromatic heterocycles. The Kier molecular flexibility index (Phi) is 6.33. The smallest absolute Gasteiger partial charge is 0.416 e. The van der Waals surface area contributed by atoms with Gasteiger partial charge in [-0.15, -0.1) is 0 Å². The molecule has 0 spiro atoms. The second-order valence-electron chi connectivity index (χ2n) is 9.11. The van der Waals surface area contributed by atoms with Gasteiger partial charge in [0.2, 0.25) is 0 Å². The molecule has 2 aliphatic heterocycles. The molecule has 4 rings (SSSR count). The minimum Gasteiger partial charge on any atom is -0.484 e. The molecule has 0 aliphatic carbocycles. The topological polar surface area (TPSA) is 75.9 Å². The Morgan fingerprint density at radius 3 is 2.29 bits per heavy atom. The average molecular weight is 476 g/mol. The van der Waals surface area contributed by atoms with Gasteiger partial charge in [0.1, 0.15) is 5.75 Å². The fourth-order valence-corrected chi connectivity index (χ4v) is 5.14. The standard InChI is InChI=1S/C25H28F3N3O3/c1-14-15(2)22(34-13-23(29)32)9-8-21(14)16(3)30-11-20-10-19(30)12-31(20)24(33)17-4-6-18(7-5-17)25(26,27)28/h4-9,16,19-20H,10-13H2,1-3H3,(H2,29,32)/t16-,19-,20-/m0/s1. The molecule has 0 saturated carbocycles. The quantitative estimate of drug-likeness (QED) is 0.689. The summed E-state index contributed by atoms with van der Waals surface area (Å²) in [6.45, 7) is 7.18. The summed E-state index contributed by atoms with van der Waals surface area (Å²) in [4.78, 5) is 28.2. The molecule has 2 bridgehead atoms. The fourth-order valence-electron chi connectivity index (χ4n) is 5.14. The third-order valence-corrected chi connectivity index (χ3v) is 7.10. The molecule has 2 heterocycles. The Labute approximate surface area is 196 Å². The van der Waals surface area contributed by atoms with Crippen LogP contribution in [-0.4, -0.2) is 53.4 Å². The first kappa shape index (κ1) is 24.1. The van der Waals surface area contributed by atoms with Gasteiger partial charge in [0.15, 0.2) is 6.61 Å². The van der Waals surface area contributed by atoms with E-state index in [4.69, 9.17) is 10.5 Å². The number of nitrogens with zero attached hydrogens (tertiary/aromatic N) is 2. The van der Waals surface area contributed by atoms with Gasteiger partial charge in [-0.25, -0.2) is 0 Å². The third kappa shape index (κ3) is 4.49. The number of piperazine rings is 1. The number of rotatable bonds is 6. The summed E-state index contributed by atoms with van der Waals surface area (Å²) in [7, 11) is 0. The van der Waals surface area contributed by atoms with Crippen LogP contribution in [0.25, 0.3) is 0 Å². The molecule has 2 aliphatic rings. The van der Waals surface area contributed by atoms with Crippen LogP contribution in [0, 0.1) is 13.8 Å². The molecular weight excluding hydrogens is 447 g/mol. The van der Waals surface area contributed by atoms with E-state index in [1.54, 1.807) is 4.90 Å². The van der Waals surface area contributed by atoms with Crippen LogP contribution in [0.5, 0.6) is 5.75 Å². The number of carbonyl (C=O) groups excluding carboxylic acids is 2. The number of carbonyl (C=O) groups is 2. The van der Waals surface area contributed by atoms with E-state index in [1.807, 2.05) is 26.0 Å². The average Bonchev–Trinajstić information content (AvgIpc) is 3.40. The maximum absolute atomic E-state index is 13.0. The molecule has 2 aromatic carbocycles. The van der Waals surface area contributed by atoms with Crippen LogP contribution in [0.15, 0.2) is 36.4 Å². The molecule has 6 nitrogen and oxygen atoms in total. The summed E-state index contributed by atoms with van der Waals surface area (Å²) >= 11 is 0. The lowest BCUT2D eigenvalue weighted by molar-refractivity contribution is -0.137. The Bertz CT molecular complexity index is 1100. The number of alkyl halides is 3. The third-order valence-electron chi connectivity index (χ3n) is 7.10.